The molecule has 20 heavy (non-hydrogen) atoms. The van der Waals surface area contributed by atoms with Crippen LogP contribution in [-0.2, 0) is 0 Å². The highest BCUT2D eigenvalue weighted by Crippen LogP contribution is 2.27. The molecule has 2 aromatic rings. The van der Waals surface area contributed by atoms with Gasteiger partial charge in [-0.25, -0.2) is 0 Å². The van der Waals surface area contributed by atoms with Gasteiger partial charge in [0, 0.05) is 18.7 Å². The summed E-state index contributed by atoms with van der Waals surface area (Å²) in [7, 11) is 0. The summed E-state index contributed by atoms with van der Waals surface area (Å²) in [6.45, 7) is 2.85. The first kappa shape index (κ1) is 12.6. The topological polar surface area (TPSA) is 15.3 Å². The Labute approximate surface area is 120 Å². The van der Waals surface area contributed by atoms with Crippen LogP contribution in [0.1, 0.15) is 12.0 Å². The molecular weight excluding hydrogens is 244 g/mol. The largest absolute Gasteiger partial charge is 0.383 e. The second-order valence-corrected chi connectivity index (χ2v) is 4.89. The number of para-hydroxylation sites is 2. The maximum Gasteiger partial charge on any atom is 0.0798 e. The Balaban J connectivity index is 1.76. The van der Waals surface area contributed by atoms with Gasteiger partial charge in [0.1, 0.15) is 0 Å². The van der Waals surface area contributed by atoms with E-state index >= 15 is 0 Å². The molecular formula is C18H18N2. The highest BCUT2D eigenvalue weighted by Gasteiger charge is 2.12. The first-order valence-corrected chi connectivity index (χ1v) is 7.05. The maximum absolute atomic E-state index is 3.47. The lowest BCUT2D eigenvalue weighted by Crippen LogP contribution is -2.24. The lowest BCUT2D eigenvalue weighted by Gasteiger charge is -2.21. The van der Waals surface area contributed by atoms with Gasteiger partial charge in [-0.3, -0.25) is 0 Å². The Morgan fingerprint density at radius 3 is 2.70 bits per heavy atom. The van der Waals surface area contributed by atoms with Crippen LogP contribution >= 0.6 is 0 Å². The van der Waals surface area contributed by atoms with Crippen LogP contribution < -0.4 is 10.2 Å². The normalized spacial score (nSPS) is 13.5. The molecule has 2 nitrogen and oxygen atoms in total. The zero-order valence-corrected chi connectivity index (χ0v) is 11.5. The second kappa shape index (κ2) is 6.16. The van der Waals surface area contributed by atoms with Crippen LogP contribution in [0.5, 0.6) is 0 Å². The van der Waals surface area contributed by atoms with Gasteiger partial charge in [0.2, 0.25) is 0 Å². The maximum atomic E-state index is 3.47. The fraction of sp³-hybridized carbons (Fsp3) is 0.222. The van der Waals surface area contributed by atoms with Crippen LogP contribution in [0.25, 0.3) is 0 Å². The number of benzene rings is 2. The summed E-state index contributed by atoms with van der Waals surface area (Å²) in [5.74, 6) is 6.52. The second-order valence-electron chi connectivity index (χ2n) is 4.89. The monoisotopic (exact) mass is 262 g/mol. The predicted octanol–water partition coefficient (Wildman–Crippen LogP) is 3.36. The highest BCUT2D eigenvalue weighted by atomic mass is 15.2. The van der Waals surface area contributed by atoms with Gasteiger partial charge in [-0.15, -0.1) is 0 Å². The van der Waals surface area contributed by atoms with E-state index in [1.165, 1.54) is 11.4 Å². The van der Waals surface area contributed by atoms with E-state index in [1.54, 1.807) is 0 Å². The molecule has 1 aliphatic rings. The molecule has 1 aliphatic heterocycles. The summed E-state index contributed by atoms with van der Waals surface area (Å²) in [5, 5.41) is 3.47. The van der Waals surface area contributed by atoms with Crippen LogP contribution in [0.3, 0.4) is 0 Å². The number of fused-ring (bicyclic) bond motifs is 1. The molecule has 0 amide bonds. The quantitative estimate of drug-likeness (QED) is 0.793. The first-order valence-electron chi connectivity index (χ1n) is 7.05. The number of rotatable bonds is 1. The Morgan fingerprint density at radius 1 is 1.00 bits per heavy atom. The van der Waals surface area contributed by atoms with Crippen molar-refractivity contribution in [2.24, 2.45) is 0 Å². The number of hydrogen-bond acceptors (Lipinski definition) is 2. The summed E-state index contributed by atoms with van der Waals surface area (Å²) >= 11 is 0. The van der Waals surface area contributed by atoms with E-state index in [9.17, 15) is 0 Å². The van der Waals surface area contributed by atoms with Gasteiger partial charge >= 0.3 is 0 Å². The third-order valence-electron chi connectivity index (χ3n) is 3.44. The average molecular weight is 262 g/mol. The van der Waals surface area contributed by atoms with Crippen LogP contribution in [0.2, 0.25) is 0 Å². The number of anilines is 2. The molecule has 0 radical (unpaired) electrons. The lowest BCUT2D eigenvalue weighted by molar-refractivity contribution is 0.813. The van der Waals surface area contributed by atoms with E-state index in [0.29, 0.717) is 0 Å². The molecule has 0 aromatic heterocycles. The molecule has 1 heterocycles. The number of nitrogens with zero attached hydrogens (tertiary/aromatic N) is 1. The van der Waals surface area contributed by atoms with Crippen LogP contribution in [0.4, 0.5) is 11.4 Å². The summed E-state index contributed by atoms with van der Waals surface area (Å²) in [6, 6.07) is 18.6. The van der Waals surface area contributed by atoms with Crippen molar-refractivity contribution >= 4 is 11.4 Å². The van der Waals surface area contributed by atoms with E-state index in [2.05, 4.69) is 46.3 Å². The minimum absolute atomic E-state index is 0.771. The van der Waals surface area contributed by atoms with Crippen LogP contribution in [0, 0.1) is 11.8 Å². The average Bonchev–Trinajstić information content (AvgIpc) is 2.71. The van der Waals surface area contributed by atoms with Gasteiger partial charge in [0.25, 0.3) is 0 Å². The SMILES string of the molecule is C(#Cc1ccccc1)CN1CCCNc2ccccc21. The van der Waals surface area contributed by atoms with Crippen molar-refractivity contribution in [3.63, 3.8) is 0 Å². The smallest absolute Gasteiger partial charge is 0.0798 e. The Kier molecular flexibility index (Phi) is 3.89. The van der Waals surface area contributed by atoms with Gasteiger partial charge in [-0.2, -0.15) is 0 Å². The Bertz CT molecular complexity index is 623. The number of nitrogens with one attached hydrogen (secondary N) is 1. The van der Waals surface area contributed by atoms with Gasteiger partial charge in [-0.05, 0) is 30.7 Å². The third kappa shape index (κ3) is 2.95. The van der Waals surface area contributed by atoms with E-state index in [1.807, 2.05) is 30.3 Å². The molecule has 0 bridgehead atoms. The minimum atomic E-state index is 0.771. The lowest BCUT2D eigenvalue weighted by atomic mass is 10.2. The van der Waals surface area contributed by atoms with Gasteiger partial charge in [0.05, 0.1) is 17.9 Å². The highest BCUT2D eigenvalue weighted by molar-refractivity contribution is 5.71. The molecule has 0 fully saturated rings. The van der Waals surface area contributed by atoms with E-state index < -0.39 is 0 Å². The Hall–Kier alpha value is -2.40. The fourth-order valence-electron chi connectivity index (χ4n) is 2.44. The summed E-state index contributed by atoms with van der Waals surface area (Å²) < 4.78 is 0. The standard InChI is InChI=1S/C18H18N2/c1-2-8-16(9-3-1)10-6-14-20-15-7-13-19-17-11-4-5-12-18(17)20/h1-5,8-9,11-12,19H,7,13-15H2. The molecule has 0 saturated heterocycles. The molecule has 0 saturated carbocycles. The van der Waals surface area contributed by atoms with Crippen LogP contribution in [0.15, 0.2) is 54.6 Å². The molecule has 100 valence electrons. The van der Waals surface area contributed by atoms with Crippen molar-refractivity contribution in [1.29, 1.82) is 0 Å². The van der Waals surface area contributed by atoms with Crippen molar-refractivity contribution in [3.8, 4) is 11.8 Å². The fourth-order valence-corrected chi connectivity index (χ4v) is 2.44. The molecule has 0 aliphatic carbocycles. The molecule has 3 rings (SSSR count). The van der Waals surface area contributed by atoms with Crippen molar-refractivity contribution in [3.05, 3.63) is 60.2 Å². The minimum Gasteiger partial charge on any atom is -0.383 e. The van der Waals surface area contributed by atoms with Crippen molar-refractivity contribution in [2.45, 2.75) is 6.42 Å². The first-order chi connectivity index (χ1) is 9.93. The summed E-state index contributed by atoms with van der Waals surface area (Å²) in [6.07, 6.45) is 1.14. The van der Waals surface area contributed by atoms with Crippen molar-refractivity contribution in [1.82, 2.24) is 0 Å². The van der Waals surface area contributed by atoms with E-state index in [4.69, 9.17) is 0 Å². The van der Waals surface area contributed by atoms with Gasteiger partial charge in [0.15, 0.2) is 0 Å². The molecule has 0 atom stereocenters. The van der Waals surface area contributed by atoms with E-state index in [0.717, 1.165) is 31.6 Å². The van der Waals surface area contributed by atoms with Gasteiger partial charge in [-0.1, -0.05) is 42.2 Å². The molecule has 2 heteroatoms. The zero-order chi connectivity index (χ0) is 13.6. The van der Waals surface area contributed by atoms with Gasteiger partial charge < -0.3 is 10.2 Å². The van der Waals surface area contributed by atoms with Crippen molar-refractivity contribution < 1.29 is 0 Å². The summed E-state index contributed by atoms with van der Waals surface area (Å²) in [4.78, 5) is 2.35. The Morgan fingerprint density at radius 2 is 1.80 bits per heavy atom. The van der Waals surface area contributed by atoms with E-state index in [-0.39, 0.29) is 0 Å². The molecule has 1 N–H and O–H groups in total. The predicted molar refractivity (Wildman–Crippen MR) is 85.1 cm³/mol. The molecule has 0 spiro atoms. The number of hydrogen-bond donors (Lipinski definition) is 1. The molecule has 0 unspecified atom stereocenters. The summed E-state index contributed by atoms with van der Waals surface area (Å²) in [5.41, 5.74) is 3.55. The van der Waals surface area contributed by atoms with Crippen LogP contribution in [-0.4, -0.2) is 19.6 Å². The zero-order valence-electron chi connectivity index (χ0n) is 11.5. The third-order valence-corrected chi connectivity index (χ3v) is 3.44. The van der Waals surface area contributed by atoms with Crippen molar-refractivity contribution in [2.75, 3.05) is 29.9 Å². The molecule has 2 aromatic carbocycles.